The number of ketones is 1. The van der Waals surface area contributed by atoms with Gasteiger partial charge in [0, 0.05) is 29.5 Å². The van der Waals surface area contributed by atoms with Crippen LogP contribution in [0.3, 0.4) is 0 Å². The summed E-state index contributed by atoms with van der Waals surface area (Å²) in [5.74, 6) is -1.46. The van der Waals surface area contributed by atoms with Crippen LogP contribution in [0.5, 0.6) is 5.88 Å². The SMILES string of the molecule is CCCS(=O)(=O)Oc1nccc2c1C(c1cccc3c(=O)cc(C)oc13)C(C(C)=O)C(C)=N2. The normalized spacial score (nSPS) is 18.0. The monoisotopic (exact) mass is 468 g/mol. The van der Waals surface area contributed by atoms with Crippen molar-refractivity contribution in [2.75, 3.05) is 5.75 Å². The third-order valence-electron chi connectivity index (χ3n) is 5.66. The minimum atomic E-state index is -3.90. The average molecular weight is 469 g/mol. The van der Waals surface area contributed by atoms with Gasteiger partial charge in [0.2, 0.25) is 5.88 Å². The van der Waals surface area contributed by atoms with Gasteiger partial charge in [0.15, 0.2) is 5.43 Å². The molecule has 0 N–H and O–H groups in total. The van der Waals surface area contributed by atoms with E-state index in [1.165, 1.54) is 19.2 Å². The van der Waals surface area contributed by atoms with Crippen LogP contribution in [0.25, 0.3) is 11.0 Å². The first-order chi connectivity index (χ1) is 15.6. The molecule has 0 saturated heterocycles. The van der Waals surface area contributed by atoms with Gasteiger partial charge in [-0.3, -0.25) is 14.6 Å². The van der Waals surface area contributed by atoms with Crippen LogP contribution in [0.15, 0.2) is 50.7 Å². The van der Waals surface area contributed by atoms with Gasteiger partial charge in [-0.1, -0.05) is 19.1 Å². The molecule has 1 aromatic carbocycles. The summed E-state index contributed by atoms with van der Waals surface area (Å²) in [6.07, 6.45) is 1.80. The van der Waals surface area contributed by atoms with Crippen LogP contribution in [0.4, 0.5) is 5.69 Å². The van der Waals surface area contributed by atoms with Gasteiger partial charge in [0.1, 0.15) is 17.1 Å². The molecular weight excluding hydrogens is 444 g/mol. The molecule has 8 nitrogen and oxygen atoms in total. The van der Waals surface area contributed by atoms with E-state index in [9.17, 15) is 18.0 Å². The minimum absolute atomic E-state index is 0.125. The molecule has 3 heterocycles. The zero-order chi connectivity index (χ0) is 23.9. The van der Waals surface area contributed by atoms with E-state index < -0.39 is 22.0 Å². The van der Waals surface area contributed by atoms with Crippen molar-refractivity contribution in [3.63, 3.8) is 0 Å². The van der Waals surface area contributed by atoms with E-state index in [2.05, 4.69) is 9.98 Å². The number of fused-ring (bicyclic) bond motifs is 2. The van der Waals surface area contributed by atoms with Crippen molar-refractivity contribution < 1.29 is 21.8 Å². The van der Waals surface area contributed by atoms with E-state index in [0.717, 1.165) is 0 Å². The third-order valence-corrected chi connectivity index (χ3v) is 6.98. The molecule has 33 heavy (non-hydrogen) atoms. The molecule has 1 aliphatic heterocycles. The summed E-state index contributed by atoms with van der Waals surface area (Å²) < 4.78 is 36.3. The predicted molar refractivity (Wildman–Crippen MR) is 125 cm³/mol. The second kappa shape index (κ2) is 8.55. The smallest absolute Gasteiger partial charge is 0.310 e. The highest BCUT2D eigenvalue weighted by atomic mass is 32.2. The molecule has 0 fully saturated rings. The Labute approximate surface area is 191 Å². The number of nitrogens with zero attached hydrogens (tertiary/aromatic N) is 2. The molecule has 0 amide bonds. The Balaban J connectivity index is 2.05. The molecule has 0 saturated carbocycles. The fourth-order valence-electron chi connectivity index (χ4n) is 4.40. The Morgan fingerprint density at radius 2 is 1.97 bits per heavy atom. The number of para-hydroxylation sites is 1. The van der Waals surface area contributed by atoms with Gasteiger partial charge in [-0.15, -0.1) is 0 Å². The van der Waals surface area contributed by atoms with E-state index >= 15 is 0 Å². The Morgan fingerprint density at radius 1 is 1.21 bits per heavy atom. The highest BCUT2D eigenvalue weighted by Gasteiger charge is 2.40. The number of Topliss-reactive ketones (excluding diaryl/α,β-unsaturated/α-hetero) is 1. The standard InChI is InChI=1S/C24H24N2O6S/c1-5-11-33(29,30)32-24-22-18(9-10-25-24)26-14(3)20(15(4)27)21(22)17-8-6-7-16-19(28)12-13(2)31-23(16)17/h6-10,12,20-21H,5,11H2,1-4H3. The predicted octanol–water partition coefficient (Wildman–Crippen LogP) is 4.06. The van der Waals surface area contributed by atoms with Gasteiger partial charge in [0.25, 0.3) is 0 Å². The number of hydrogen-bond donors (Lipinski definition) is 0. The Morgan fingerprint density at radius 3 is 2.67 bits per heavy atom. The third kappa shape index (κ3) is 4.20. The van der Waals surface area contributed by atoms with Crippen molar-refractivity contribution in [3.8, 4) is 5.88 Å². The Kier molecular flexibility index (Phi) is 5.92. The van der Waals surface area contributed by atoms with Crippen LogP contribution in [-0.2, 0) is 14.9 Å². The molecule has 2 aromatic heterocycles. The van der Waals surface area contributed by atoms with Crippen molar-refractivity contribution in [1.29, 1.82) is 0 Å². The lowest BCUT2D eigenvalue weighted by Gasteiger charge is -2.32. The maximum Gasteiger partial charge on any atom is 0.310 e. The summed E-state index contributed by atoms with van der Waals surface area (Å²) in [7, 11) is -3.90. The number of pyridine rings is 1. The van der Waals surface area contributed by atoms with Crippen LogP contribution < -0.4 is 9.61 Å². The Hall–Kier alpha value is -3.33. The molecule has 2 atom stereocenters. The maximum absolute atomic E-state index is 12.8. The van der Waals surface area contributed by atoms with Crippen LogP contribution in [0.1, 0.15) is 50.0 Å². The zero-order valence-electron chi connectivity index (χ0n) is 18.8. The van der Waals surface area contributed by atoms with Crippen LogP contribution in [0.2, 0.25) is 0 Å². The first-order valence-corrected chi connectivity index (χ1v) is 12.2. The number of aromatic nitrogens is 1. The lowest BCUT2D eigenvalue weighted by atomic mass is 9.74. The van der Waals surface area contributed by atoms with Crippen molar-refractivity contribution in [2.45, 2.75) is 40.0 Å². The molecule has 0 aliphatic carbocycles. The highest BCUT2D eigenvalue weighted by Crippen LogP contribution is 2.48. The summed E-state index contributed by atoms with van der Waals surface area (Å²) in [5, 5.41) is 0.368. The fourth-order valence-corrected chi connectivity index (χ4v) is 5.36. The molecule has 9 heteroatoms. The van der Waals surface area contributed by atoms with Crippen molar-refractivity contribution >= 4 is 38.3 Å². The number of rotatable bonds is 6. The van der Waals surface area contributed by atoms with Crippen LogP contribution >= 0.6 is 0 Å². The number of aryl methyl sites for hydroxylation is 1. The number of carbonyl (C=O) groups excluding carboxylic acids is 1. The first-order valence-electron chi connectivity index (χ1n) is 10.6. The van der Waals surface area contributed by atoms with Crippen LogP contribution in [0, 0.1) is 12.8 Å². The van der Waals surface area contributed by atoms with Gasteiger partial charge in [-0.05, 0) is 39.3 Å². The largest absolute Gasteiger partial charge is 0.461 e. The van der Waals surface area contributed by atoms with Crippen LogP contribution in [-0.4, -0.2) is 30.6 Å². The molecule has 3 aromatic rings. The molecule has 0 spiro atoms. The molecule has 2 unspecified atom stereocenters. The summed E-state index contributed by atoms with van der Waals surface area (Å²) in [6, 6.07) is 8.19. The molecular formula is C24H24N2O6S. The average Bonchev–Trinajstić information content (AvgIpc) is 2.72. The molecule has 1 aliphatic rings. The summed E-state index contributed by atoms with van der Waals surface area (Å²) in [5.41, 5.74) is 2.10. The van der Waals surface area contributed by atoms with E-state index in [4.69, 9.17) is 8.60 Å². The van der Waals surface area contributed by atoms with E-state index in [1.54, 1.807) is 45.0 Å². The highest BCUT2D eigenvalue weighted by molar-refractivity contribution is 7.87. The van der Waals surface area contributed by atoms with Gasteiger partial charge in [0.05, 0.1) is 28.3 Å². The minimum Gasteiger partial charge on any atom is -0.461 e. The lowest BCUT2D eigenvalue weighted by molar-refractivity contribution is -0.119. The number of benzene rings is 1. The van der Waals surface area contributed by atoms with Crippen molar-refractivity contribution in [3.05, 3.63) is 63.6 Å². The Bertz CT molecular complexity index is 1460. The van der Waals surface area contributed by atoms with E-state index in [1.807, 2.05) is 0 Å². The second-order valence-electron chi connectivity index (χ2n) is 8.16. The number of aliphatic imine (C=N–C) groups is 1. The fraction of sp³-hybridized carbons (Fsp3) is 0.333. The molecule has 172 valence electrons. The first kappa shape index (κ1) is 22.8. The van der Waals surface area contributed by atoms with Gasteiger partial charge in [-0.25, -0.2) is 4.98 Å². The maximum atomic E-state index is 12.8. The lowest BCUT2D eigenvalue weighted by Crippen LogP contribution is -2.31. The molecule has 0 radical (unpaired) electrons. The second-order valence-corrected chi connectivity index (χ2v) is 9.85. The summed E-state index contributed by atoms with van der Waals surface area (Å²) >= 11 is 0. The van der Waals surface area contributed by atoms with Crippen molar-refractivity contribution in [2.24, 2.45) is 10.9 Å². The summed E-state index contributed by atoms with van der Waals surface area (Å²) in [6.45, 7) is 6.62. The van der Waals surface area contributed by atoms with Gasteiger partial charge in [-0.2, -0.15) is 8.42 Å². The van der Waals surface area contributed by atoms with Crippen molar-refractivity contribution in [1.82, 2.24) is 4.98 Å². The van der Waals surface area contributed by atoms with E-state index in [-0.39, 0.29) is 22.8 Å². The topological polar surface area (TPSA) is 116 Å². The molecule has 0 bridgehead atoms. The van der Waals surface area contributed by atoms with Gasteiger partial charge >= 0.3 is 10.1 Å². The number of hydrogen-bond acceptors (Lipinski definition) is 8. The zero-order valence-corrected chi connectivity index (χ0v) is 19.6. The number of carbonyl (C=O) groups is 1. The van der Waals surface area contributed by atoms with E-state index in [0.29, 0.717) is 45.7 Å². The van der Waals surface area contributed by atoms with Gasteiger partial charge < -0.3 is 8.60 Å². The summed E-state index contributed by atoms with van der Waals surface area (Å²) in [4.78, 5) is 34.2. The molecule has 4 rings (SSSR count). The quantitative estimate of drug-likeness (QED) is 0.501.